The summed E-state index contributed by atoms with van der Waals surface area (Å²) < 4.78 is 2.28. The molecule has 0 aliphatic carbocycles. The Morgan fingerprint density at radius 3 is 2.23 bits per heavy atom. The molecule has 114 valence electrons. The number of nitrogens with zero attached hydrogens (tertiary/aromatic N) is 1. The standard InChI is InChI=1S/C19H20N2.HI/c1-19(2)16-6-4-5-7-17(16)21(3)18(19)13-10-14-8-11-15(20)12-9-14;/h4-13,20H,1-3H3;1H. The molecule has 3 rings (SSSR count). The Kier molecular flexibility index (Phi) is 4.75. The maximum absolute atomic E-state index is 5.73. The molecule has 0 amide bonds. The highest BCUT2D eigenvalue weighted by Gasteiger charge is 2.42. The Labute approximate surface area is 149 Å². The summed E-state index contributed by atoms with van der Waals surface area (Å²) in [5, 5.41) is 0. The van der Waals surface area contributed by atoms with Gasteiger partial charge in [0.15, 0.2) is 5.71 Å². The molecule has 2 aromatic carbocycles. The van der Waals surface area contributed by atoms with Crippen molar-refractivity contribution in [2.75, 3.05) is 12.8 Å². The smallest absolute Gasteiger partial charge is 0.209 e. The monoisotopic (exact) mass is 404 g/mol. The van der Waals surface area contributed by atoms with Crippen LogP contribution < -0.4 is 29.7 Å². The third-order valence-corrected chi connectivity index (χ3v) is 4.31. The van der Waals surface area contributed by atoms with Crippen LogP contribution in [-0.2, 0) is 5.41 Å². The second-order valence-electron chi connectivity index (χ2n) is 6.09. The van der Waals surface area contributed by atoms with E-state index in [1.165, 1.54) is 17.0 Å². The van der Waals surface area contributed by atoms with Crippen molar-refractivity contribution in [1.82, 2.24) is 0 Å². The lowest BCUT2D eigenvalue weighted by atomic mass is 9.81. The summed E-state index contributed by atoms with van der Waals surface area (Å²) in [6.07, 6.45) is 4.37. The first-order chi connectivity index (χ1) is 10.00. The van der Waals surface area contributed by atoms with E-state index < -0.39 is 0 Å². The molecule has 2 nitrogen and oxygen atoms in total. The first kappa shape index (κ1) is 16.7. The lowest BCUT2D eigenvalue weighted by Crippen LogP contribution is -3.00. The van der Waals surface area contributed by atoms with E-state index in [0.29, 0.717) is 0 Å². The van der Waals surface area contributed by atoms with Gasteiger partial charge in [0.2, 0.25) is 5.69 Å². The van der Waals surface area contributed by atoms with Crippen LogP contribution in [0.2, 0.25) is 0 Å². The van der Waals surface area contributed by atoms with Crippen LogP contribution >= 0.6 is 0 Å². The molecule has 0 spiro atoms. The SMILES string of the molecule is C[N+]1=C(/C=C/c2ccc(N)cc2)C(C)(C)c2ccccc21.[I-]. The van der Waals surface area contributed by atoms with Gasteiger partial charge in [-0.1, -0.05) is 30.3 Å². The highest BCUT2D eigenvalue weighted by molar-refractivity contribution is 6.05. The van der Waals surface area contributed by atoms with Crippen LogP contribution in [0.5, 0.6) is 0 Å². The van der Waals surface area contributed by atoms with Crippen molar-refractivity contribution in [3.63, 3.8) is 0 Å². The molecule has 1 heterocycles. The molecule has 1 aliphatic rings. The predicted octanol–water partition coefficient (Wildman–Crippen LogP) is 0.992. The molecule has 0 fully saturated rings. The molecule has 2 aromatic rings. The van der Waals surface area contributed by atoms with Crippen molar-refractivity contribution in [3.8, 4) is 0 Å². The van der Waals surface area contributed by atoms with Crippen molar-refractivity contribution in [2.24, 2.45) is 0 Å². The van der Waals surface area contributed by atoms with E-state index >= 15 is 0 Å². The normalized spacial score (nSPS) is 15.8. The lowest BCUT2D eigenvalue weighted by molar-refractivity contribution is -0.401. The number of hydrogen-bond acceptors (Lipinski definition) is 1. The molecule has 0 aromatic heterocycles. The fraction of sp³-hybridized carbons (Fsp3) is 0.211. The molecular weight excluding hydrogens is 383 g/mol. The summed E-state index contributed by atoms with van der Waals surface area (Å²) in [6, 6.07) is 16.6. The van der Waals surface area contributed by atoms with E-state index in [0.717, 1.165) is 11.3 Å². The van der Waals surface area contributed by atoms with Crippen LogP contribution in [0.15, 0.2) is 54.6 Å². The third kappa shape index (κ3) is 2.82. The van der Waals surface area contributed by atoms with Crippen molar-refractivity contribution >= 4 is 23.2 Å². The molecule has 0 bridgehead atoms. The summed E-state index contributed by atoms with van der Waals surface area (Å²) in [6.45, 7) is 4.55. The number of fused-ring (bicyclic) bond motifs is 1. The van der Waals surface area contributed by atoms with Crippen molar-refractivity contribution in [3.05, 3.63) is 65.7 Å². The molecule has 0 radical (unpaired) electrons. The Morgan fingerprint density at radius 2 is 1.59 bits per heavy atom. The number of nitrogens with two attached hydrogens (primary N) is 1. The molecule has 0 atom stereocenters. The van der Waals surface area contributed by atoms with Crippen LogP contribution in [-0.4, -0.2) is 17.3 Å². The maximum atomic E-state index is 5.73. The van der Waals surface area contributed by atoms with Crippen LogP contribution in [0.25, 0.3) is 6.08 Å². The van der Waals surface area contributed by atoms with Gasteiger partial charge in [-0.3, -0.25) is 0 Å². The molecular formula is C19H21IN2. The second kappa shape index (κ2) is 6.24. The number of benzene rings is 2. The Bertz CT molecular complexity index is 740. The average Bonchev–Trinajstić information content (AvgIpc) is 2.67. The number of rotatable bonds is 2. The Morgan fingerprint density at radius 1 is 0.955 bits per heavy atom. The molecule has 0 saturated carbocycles. The van der Waals surface area contributed by atoms with Crippen LogP contribution in [0.3, 0.4) is 0 Å². The maximum Gasteiger partial charge on any atom is 0.209 e. The van der Waals surface area contributed by atoms with E-state index in [1.54, 1.807) is 0 Å². The molecule has 3 heteroatoms. The van der Waals surface area contributed by atoms with Crippen LogP contribution in [0, 0.1) is 0 Å². The van der Waals surface area contributed by atoms with Crippen LogP contribution in [0.4, 0.5) is 11.4 Å². The Balaban J connectivity index is 0.00000176. The molecule has 0 unspecified atom stereocenters. The quantitative estimate of drug-likeness (QED) is 0.452. The van der Waals surface area contributed by atoms with Gasteiger partial charge in [-0.15, -0.1) is 0 Å². The van der Waals surface area contributed by atoms with Gasteiger partial charge < -0.3 is 29.7 Å². The van der Waals surface area contributed by atoms with Gasteiger partial charge >= 0.3 is 0 Å². The topological polar surface area (TPSA) is 29.0 Å². The first-order valence-corrected chi connectivity index (χ1v) is 7.24. The van der Waals surface area contributed by atoms with Crippen molar-refractivity contribution < 1.29 is 28.6 Å². The molecule has 2 N–H and O–H groups in total. The van der Waals surface area contributed by atoms with Gasteiger partial charge in [-0.25, -0.2) is 0 Å². The van der Waals surface area contributed by atoms with Crippen LogP contribution in [0.1, 0.15) is 25.0 Å². The van der Waals surface area contributed by atoms with Gasteiger partial charge in [0.25, 0.3) is 0 Å². The van der Waals surface area contributed by atoms with E-state index in [4.69, 9.17) is 5.73 Å². The minimum absolute atomic E-state index is 0. The predicted molar refractivity (Wildman–Crippen MR) is 90.2 cm³/mol. The summed E-state index contributed by atoms with van der Waals surface area (Å²) >= 11 is 0. The fourth-order valence-corrected chi connectivity index (χ4v) is 3.08. The zero-order chi connectivity index (χ0) is 15.0. The highest BCUT2D eigenvalue weighted by Crippen LogP contribution is 2.39. The largest absolute Gasteiger partial charge is 1.00 e. The third-order valence-electron chi connectivity index (χ3n) is 4.31. The number of hydrogen-bond donors (Lipinski definition) is 1. The molecule has 0 saturated heterocycles. The summed E-state index contributed by atoms with van der Waals surface area (Å²) in [4.78, 5) is 0. The summed E-state index contributed by atoms with van der Waals surface area (Å²) in [5.74, 6) is 0. The van der Waals surface area contributed by atoms with Gasteiger partial charge in [0.05, 0.1) is 5.41 Å². The summed E-state index contributed by atoms with van der Waals surface area (Å²) in [5.41, 5.74) is 11.7. The number of nitrogen functional groups attached to an aromatic ring is 1. The van der Waals surface area contributed by atoms with Gasteiger partial charge in [0, 0.05) is 23.4 Å². The second-order valence-corrected chi connectivity index (χ2v) is 6.09. The number of halogens is 1. The van der Waals surface area contributed by atoms with E-state index in [2.05, 4.69) is 61.9 Å². The lowest BCUT2D eigenvalue weighted by Gasteiger charge is -2.15. The highest BCUT2D eigenvalue weighted by atomic mass is 127. The number of anilines is 1. The van der Waals surface area contributed by atoms with E-state index in [-0.39, 0.29) is 29.4 Å². The number of para-hydroxylation sites is 1. The minimum Gasteiger partial charge on any atom is -1.00 e. The number of allylic oxidation sites excluding steroid dienone is 1. The Hall–Kier alpha value is -1.62. The zero-order valence-electron chi connectivity index (χ0n) is 13.2. The first-order valence-electron chi connectivity index (χ1n) is 7.24. The van der Waals surface area contributed by atoms with Gasteiger partial charge in [-0.05, 0) is 37.6 Å². The van der Waals surface area contributed by atoms with Gasteiger partial charge in [-0.2, -0.15) is 4.58 Å². The molecule has 22 heavy (non-hydrogen) atoms. The molecule has 1 aliphatic heterocycles. The van der Waals surface area contributed by atoms with E-state index in [1.807, 2.05) is 24.3 Å². The zero-order valence-corrected chi connectivity index (χ0v) is 15.3. The van der Waals surface area contributed by atoms with Crippen molar-refractivity contribution in [1.29, 1.82) is 0 Å². The van der Waals surface area contributed by atoms with E-state index in [9.17, 15) is 0 Å². The average molecular weight is 404 g/mol. The minimum atomic E-state index is 0. The fourth-order valence-electron chi connectivity index (χ4n) is 3.08. The summed E-state index contributed by atoms with van der Waals surface area (Å²) in [7, 11) is 2.14. The van der Waals surface area contributed by atoms with Crippen molar-refractivity contribution in [2.45, 2.75) is 19.3 Å². The van der Waals surface area contributed by atoms with Gasteiger partial charge in [0.1, 0.15) is 7.05 Å².